The zero-order valence-corrected chi connectivity index (χ0v) is 21.4. The third-order valence-corrected chi connectivity index (χ3v) is 6.59. The Hall–Kier alpha value is -3.55. The van der Waals surface area contributed by atoms with Gasteiger partial charge in [0.1, 0.15) is 5.60 Å². The van der Waals surface area contributed by atoms with Crippen molar-refractivity contribution in [3.8, 4) is 0 Å². The van der Waals surface area contributed by atoms with Gasteiger partial charge in [0.05, 0.1) is 0 Å². The summed E-state index contributed by atoms with van der Waals surface area (Å²) >= 11 is 0. The quantitative estimate of drug-likeness (QED) is 0.654. The SMILES string of the molecule is CC(C)(C)OC(=O)NCc1ccc(CNC(=O)N2CCC(C(=O)N3CCc4ccccc43)CC2)cc1. The Morgan fingerprint density at radius 2 is 1.50 bits per heavy atom. The molecule has 0 radical (unpaired) electrons. The summed E-state index contributed by atoms with van der Waals surface area (Å²) in [6.45, 7) is 8.16. The fourth-order valence-corrected chi connectivity index (χ4v) is 4.67. The number of para-hydroxylation sites is 1. The number of carbonyl (C=O) groups excluding carboxylic acids is 3. The summed E-state index contributed by atoms with van der Waals surface area (Å²) < 4.78 is 5.24. The third-order valence-electron chi connectivity index (χ3n) is 6.59. The van der Waals surface area contributed by atoms with Crippen LogP contribution in [0.4, 0.5) is 15.3 Å². The third kappa shape index (κ3) is 6.56. The smallest absolute Gasteiger partial charge is 0.407 e. The predicted octanol–water partition coefficient (Wildman–Crippen LogP) is 4.22. The van der Waals surface area contributed by atoms with Gasteiger partial charge in [0.25, 0.3) is 0 Å². The van der Waals surface area contributed by atoms with Crippen molar-refractivity contribution < 1.29 is 19.1 Å². The Morgan fingerprint density at radius 3 is 2.14 bits per heavy atom. The largest absolute Gasteiger partial charge is 0.444 e. The van der Waals surface area contributed by atoms with Crippen LogP contribution in [-0.4, -0.2) is 48.2 Å². The molecule has 0 aliphatic carbocycles. The minimum Gasteiger partial charge on any atom is -0.444 e. The van der Waals surface area contributed by atoms with Crippen LogP contribution in [0.15, 0.2) is 48.5 Å². The molecule has 4 amide bonds. The molecule has 192 valence electrons. The molecule has 0 spiro atoms. The van der Waals surface area contributed by atoms with Crippen molar-refractivity contribution in [1.82, 2.24) is 15.5 Å². The molecule has 1 fully saturated rings. The molecule has 0 bridgehead atoms. The number of alkyl carbamates (subject to hydrolysis) is 1. The van der Waals surface area contributed by atoms with Gasteiger partial charge < -0.3 is 25.2 Å². The van der Waals surface area contributed by atoms with Crippen LogP contribution in [0, 0.1) is 5.92 Å². The van der Waals surface area contributed by atoms with E-state index in [0.717, 1.165) is 29.8 Å². The standard InChI is InChI=1S/C28H36N4O4/c1-28(2,3)36-27(35)30-19-21-10-8-20(9-11-21)18-29-26(34)31-15-12-23(13-16-31)25(33)32-17-14-22-6-4-5-7-24(22)32/h4-11,23H,12-19H2,1-3H3,(H,29,34)(H,30,35). The van der Waals surface area contributed by atoms with Gasteiger partial charge in [-0.15, -0.1) is 0 Å². The molecular weight excluding hydrogens is 456 g/mol. The lowest BCUT2D eigenvalue weighted by molar-refractivity contribution is -0.123. The van der Waals surface area contributed by atoms with Crippen LogP contribution >= 0.6 is 0 Å². The van der Waals surface area contributed by atoms with Crippen molar-refractivity contribution in [2.24, 2.45) is 5.92 Å². The van der Waals surface area contributed by atoms with Crippen LogP contribution in [0.5, 0.6) is 0 Å². The minimum absolute atomic E-state index is 0.0398. The van der Waals surface area contributed by atoms with E-state index in [1.807, 2.05) is 68.1 Å². The predicted molar refractivity (Wildman–Crippen MR) is 139 cm³/mol. The zero-order chi connectivity index (χ0) is 25.7. The van der Waals surface area contributed by atoms with E-state index >= 15 is 0 Å². The average Bonchev–Trinajstić information content (AvgIpc) is 3.29. The maximum absolute atomic E-state index is 13.1. The first kappa shape index (κ1) is 25.5. The molecule has 0 aromatic heterocycles. The van der Waals surface area contributed by atoms with Crippen molar-refractivity contribution in [3.63, 3.8) is 0 Å². The summed E-state index contributed by atoms with van der Waals surface area (Å²) in [7, 11) is 0. The first-order valence-electron chi connectivity index (χ1n) is 12.7. The Balaban J connectivity index is 1.19. The van der Waals surface area contributed by atoms with E-state index in [-0.39, 0.29) is 17.9 Å². The van der Waals surface area contributed by atoms with E-state index in [9.17, 15) is 14.4 Å². The van der Waals surface area contributed by atoms with E-state index in [1.165, 1.54) is 5.56 Å². The Morgan fingerprint density at radius 1 is 0.889 bits per heavy atom. The number of urea groups is 1. The Bertz CT molecular complexity index is 1090. The second kappa shape index (κ2) is 11.0. The molecule has 2 aliphatic heterocycles. The molecule has 0 atom stereocenters. The maximum atomic E-state index is 13.1. The summed E-state index contributed by atoms with van der Waals surface area (Å²) in [4.78, 5) is 41.3. The number of hydrogen-bond donors (Lipinski definition) is 2. The van der Waals surface area contributed by atoms with E-state index < -0.39 is 11.7 Å². The number of hydrogen-bond acceptors (Lipinski definition) is 4. The van der Waals surface area contributed by atoms with Crippen LogP contribution in [-0.2, 0) is 29.0 Å². The van der Waals surface area contributed by atoms with Gasteiger partial charge >= 0.3 is 12.1 Å². The Labute approximate surface area is 213 Å². The summed E-state index contributed by atoms with van der Waals surface area (Å²) in [6.07, 6.45) is 1.83. The van der Waals surface area contributed by atoms with Crippen molar-refractivity contribution in [3.05, 3.63) is 65.2 Å². The molecule has 36 heavy (non-hydrogen) atoms. The van der Waals surface area contributed by atoms with Crippen LogP contribution < -0.4 is 15.5 Å². The molecule has 2 N–H and O–H groups in total. The van der Waals surface area contributed by atoms with Crippen molar-refractivity contribution in [2.45, 2.75) is 58.7 Å². The van der Waals surface area contributed by atoms with Gasteiger partial charge in [-0.25, -0.2) is 9.59 Å². The van der Waals surface area contributed by atoms with E-state index in [4.69, 9.17) is 4.74 Å². The number of amides is 4. The van der Waals surface area contributed by atoms with Crippen LogP contribution in [0.3, 0.4) is 0 Å². The highest BCUT2D eigenvalue weighted by Gasteiger charge is 2.33. The molecule has 2 aromatic carbocycles. The fourth-order valence-electron chi connectivity index (χ4n) is 4.67. The van der Waals surface area contributed by atoms with Gasteiger partial charge in [-0.2, -0.15) is 0 Å². The maximum Gasteiger partial charge on any atom is 0.407 e. The van der Waals surface area contributed by atoms with Gasteiger partial charge in [-0.1, -0.05) is 42.5 Å². The minimum atomic E-state index is -0.531. The van der Waals surface area contributed by atoms with Gasteiger partial charge in [0.2, 0.25) is 5.91 Å². The number of ether oxygens (including phenoxy) is 1. The van der Waals surface area contributed by atoms with E-state index in [2.05, 4.69) is 16.7 Å². The number of rotatable bonds is 5. The van der Waals surface area contributed by atoms with Crippen LogP contribution in [0.2, 0.25) is 0 Å². The van der Waals surface area contributed by atoms with Gasteiger partial charge in [0.15, 0.2) is 0 Å². The van der Waals surface area contributed by atoms with Gasteiger partial charge in [0, 0.05) is 44.3 Å². The molecule has 0 unspecified atom stereocenters. The zero-order valence-electron chi connectivity index (χ0n) is 21.4. The first-order chi connectivity index (χ1) is 17.2. The summed E-state index contributed by atoms with van der Waals surface area (Å²) in [5.74, 6) is 0.142. The highest BCUT2D eigenvalue weighted by atomic mass is 16.6. The highest BCUT2D eigenvalue weighted by molar-refractivity contribution is 5.97. The number of piperidine rings is 1. The molecule has 8 heteroatoms. The molecule has 8 nitrogen and oxygen atoms in total. The molecule has 1 saturated heterocycles. The lowest BCUT2D eigenvalue weighted by atomic mass is 9.95. The first-order valence-corrected chi connectivity index (χ1v) is 12.7. The Kier molecular flexibility index (Phi) is 7.82. The second-order valence-corrected chi connectivity index (χ2v) is 10.5. The van der Waals surface area contributed by atoms with Crippen LogP contribution in [0.1, 0.15) is 50.3 Å². The number of likely N-dealkylation sites (tertiary alicyclic amines) is 1. The van der Waals surface area contributed by atoms with E-state index in [0.29, 0.717) is 39.0 Å². The summed E-state index contributed by atoms with van der Waals surface area (Å²) in [6, 6.07) is 15.7. The second-order valence-electron chi connectivity index (χ2n) is 10.5. The normalized spacial score (nSPS) is 15.9. The number of fused-ring (bicyclic) bond motifs is 1. The number of nitrogens with zero attached hydrogens (tertiary/aromatic N) is 2. The van der Waals surface area contributed by atoms with Gasteiger partial charge in [-0.3, -0.25) is 4.79 Å². The topological polar surface area (TPSA) is 91.0 Å². The number of benzene rings is 2. The van der Waals surface area contributed by atoms with Crippen molar-refractivity contribution >= 4 is 23.7 Å². The molecule has 2 aromatic rings. The lowest BCUT2D eigenvalue weighted by Gasteiger charge is -2.33. The highest BCUT2D eigenvalue weighted by Crippen LogP contribution is 2.31. The summed E-state index contributed by atoms with van der Waals surface area (Å²) in [5, 5.41) is 5.72. The van der Waals surface area contributed by atoms with Gasteiger partial charge in [-0.05, 0) is 62.8 Å². The molecular formula is C28H36N4O4. The van der Waals surface area contributed by atoms with Crippen LogP contribution in [0.25, 0.3) is 0 Å². The molecule has 2 heterocycles. The number of carbonyl (C=O) groups is 3. The monoisotopic (exact) mass is 492 g/mol. The van der Waals surface area contributed by atoms with Crippen molar-refractivity contribution in [2.75, 3.05) is 24.5 Å². The molecule has 0 saturated carbocycles. The number of anilines is 1. The lowest BCUT2D eigenvalue weighted by Crippen LogP contribution is -2.47. The fraction of sp³-hybridized carbons (Fsp3) is 0.464. The van der Waals surface area contributed by atoms with Crippen molar-refractivity contribution in [1.29, 1.82) is 0 Å². The molecule has 2 aliphatic rings. The number of nitrogens with one attached hydrogen (secondary N) is 2. The summed E-state index contributed by atoms with van der Waals surface area (Å²) in [5.41, 5.74) is 3.66. The average molecular weight is 493 g/mol. The van der Waals surface area contributed by atoms with E-state index in [1.54, 1.807) is 4.90 Å². The molecule has 4 rings (SSSR count).